The lowest BCUT2D eigenvalue weighted by atomic mass is 9.95. The minimum Gasteiger partial charge on any atom is -0.349 e. The molecule has 4 heteroatoms. The number of aryl methyl sites for hydroxylation is 1. The van der Waals surface area contributed by atoms with Crippen LogP contribution in [0.25, 0.3) is 0 Å². The highest BCUT2D eigenvalue weighted by molar-refractivity contribution is 6.31. The lowest BCUT2D eigenvalue weighted by molar-refractivity contribution is 0.0928. The van der Waals surface area contributed by atoms with Gasteiger partial charge in [-0.05, 0) is 56.4 Å². The molecule has 2 rings (SSSR count). The van der Waals surface area contributed by atoms with Crippen molar-refractivity contribution in [1.82, 2.24) is 5.32 Å². The van der Waals surface area contributed by atoms with E-state index >= 15 is 0 Å². The fourth-order valence-corrected chi connectivity index (χ4v) is 2.62. The first kappa shape index (κ1) is 13.7. The van der Waals surface area contributed by atoms with Gasteiger partial charge in [-0.1, -0.05) is 11.6 Å². The Morgan fingerprint density at radius 2 is 1.94 bits per heavy atom. The summed E-state index contributed by atoms with van der Waals surface area (Å²) in [6.07, 6.45) is 3.89. The molecule has 0 radical (unpaired) electrons. The number of rotatable bonds is 2. The molecule has 0 aromatic heterocycles. The second-order valence-corrected chi connectivity index (χ2v) is 5.91. The van der Waals surface area contributed by atoms with Crippen LogP contribution in [-0.4, -0.2) is 17.3 Å². The fraction of sp³-hybridized carbons (Fsp3) is 0.500. The van der Waals surface area contributed by atoms with E-state index in [-0.39, 0.29) is 17.3 Å². The summed E-state index contributed by atoms with van der Waals surface area (Å²) in [5.74, 6) is -0.0206. The molecule has 0 heterocycles. The summed E-state index contributed by atoms with van der Waals surface area (Å²) in [6.45, 7) is 1.90. The van der Waals surface area contributed by atoms with Gasteiger partial charge >= 0.3 is 0 Å². The highest BCUT2D eigenvalue weighted by Crippen LogP contribution is 2.23. The Bertz CT molecular complexity index is 439. The zero-order chi connectivity index (χ0) is 13.1. The number of carbonyl (C=O) groups is 1. The average molecular weight is 286 g/mol. The van der Waals surface area contributed by atoms with Crippen LogP contribution in [0.15, 0.2) is 18.2 Å². The van der Waals surface area contributed by atoms with Crippen molar-refractivity contribution in [2.24, 2.45) is 0 Å². The first-order valence-corrected chi connectivity index (χ1v) is 7.09. The van der Waals surface area contributed by atoms with E-state index in [0.717, 1.165) is 31.2 Å². The maximum atomic E-state index is 12.1. The van der Waals surface area contributed by atoms with E-state index in [1.54, 1.807) is 12.1 Å². The van der Waals surface area contributed by atoms with Crippen LogP contribution in [0.3, 0.4) is 0 Å². The fourth-order valence-electron chi connectivity index (χ4n) is 2.25. The van der Waals surface area contributed by atoms with Crippen molar-refractivity contribution in [1.29, 1.82) is 0 Å². The Morgan fingerprint density at radius 1 is 1.28 bits per heavy atom. The van der Waals surface area contributed by atoms with Crippen LogP contribution in [0.1, 0.15) is 41.6 Å². The maximum Gasteiger partial charge on any atom is 0.251 e. The van der Waals surface area contributed by atoms with E-state index in [1.807, 2.05) is 13.0 Å². The van der Waals surface area contributed by atoms with Crippen molar-refractivity contribution in [3.63, 3.8) is 0 Å². The Morgan fingerprint density at radius 3 is 2.56 bits per heavy atom. The Balaban J connectivity index is 1.97. The van der Waals surface area contributed by atoms with E-state index in [4.69, 9.17) is 23.2 Å². The summed E-state index contributed by atoms with van der Waals surface area (Å²) >= 11 is 12.0. The number of alkyl halides is 1. The molecule has 1 aliphatic rings. The van der Waals surface area contributed by atoms with Gasteiger partial charge < -0.3 is 5.32 Å². The topological polar surface area (TPSA) is 29.1 Å². The normalized spacial score (nSPS) is 23.7. The molecule has 1 aromatic carbocycles. The van der Waals surface area contributed by atoms with E-state index in [9.17, 15) is 4.79 Å². The highest BCUT2D eigenvalue weighted by atomic mass is 35.5. The summed E-state index contributed by atoms with van der Waals surface area (Å²) in [5.41, 5.74) is 1.60. The van der Waals surface area contributed by atoms with Gasteiger partial charge in [-0.15, -0.1) is 11.6 Å². The Hall–Kier alpha value is -0.730. The second kappa shape index (κ2) is 5.94. The summed E-state index contributed by atoms with van der Waals surface area (Å²) in [6, 6.07) is 5.60. The molecule has 0 unspecified atom stereocenters. The number of hydrogen-bond donors (Lipinski definition) is 1. The largest absolute Gasteiger partial charge is 0.349 e. The molecule has 0 atom stereocenters. The molecule has 18 heavy (non-hydrogen) atoms. The molecule has 1 saturated carbocycles. The number of hydrogen-bond acceptors (Lipinski definition) is 1. The lowest BCUT2D eigenvalue weighted by Crippen LogP contribution is -2.37. The predicted octanol–water partition coefficient (Wildman–Crippen LogP) is 3.93. The third-order valence-corrected chi connectivity index (χ3v) is 4.27. The van der Waals surface area contributed by atoms with Gasteiger partial charge in [0.2, 0.25) is 0 Å². The summed E-state index contributed by atoms with van der Waals surface area (Å²) in [4.78, 5) is 12.1. The highest BCUT2D eigenvalue weighted by Gasteiger charge is 2.21. The van der Waals surface area contributed by atoms with Crippen molar-refractivity contribution in [3.8, 4) is 0 Å². The first-order chi connectivity index (χ1) is 8.56. The van der Waals surface area contributed by atoms with Crippen LogP contribution >= 0.6 is 23.2 Å². The van der Waals surface area contributed by atoms with Gasteiger partial charge in [0, 0.05) is 22.0 Å². The zero-order valence-electron chi connectivity index (χ0n) is 10.4. The molecule has 0 bridgehead atoms. The molecule has 2 nitrogen and oxygen atoms in total. The first-order valence-electron chi connectivity index (χ1n) is 6.27. The molecule has 1 amide bonds. The summed E-state index contributed by atoms with van der Waals surface area (Å²) in [5, 5.41) is 4.02. The van der Waals surface area contributed by atoms with Crippen LogP contribution in [0.4, 0.5) is 0 Å². The molecule has 1 fully saturated rings. The van der Waals surface area contributed by atoms with Crippen LogP contribution < -0.4 is 5.32 Å². The minimum atomic E-state index is -0.0206. The lowest BCUT2D eigenvalue weighted by Gasteiger charge is -2.25. The van der Waals surface area contributed by atoms with Crippen molar-refractivity contribution < 1.29 is 4.79 Å². The van der Waals surface area contributed by atoms with Gasteiger partial charge in [0.1, 0.15) is 0 Å². The molecule has 0 saturated heterocycles. The van der Waals surface area contributed by atoms with Crippen LogP contribution in [0, 0.1) is 6.92 Å². The van der Waals surface area contributed by atoms with Crippen LogP contribution in [0.5, 0.6) is 0 Å². The molecule has 0 spiro atoms. The van der Waals surface area contributed by atoms with Crippen molar-refractivity contribution in [2.75, 3.05) is 0 Å². The monoisotopic (exact) mass is 285 g/mol. The minimum absolute atomic E-state index is 0.0206. The van der Waals surface area contributed by atoms with Crippen molar-refractivity contribution >= 4 is 29.1 Å². The molecule has 1 aliphatic carbocycles. The van der Waals surface area contributed by atoms with Gasteiger partial charge in [-0.3, -0.25) is 4.79 Å². The second-order valence-electron chi connectivity index (χ2n) is 4.89. The Labute approximate surface area is 118 Å². The summed E-state index contributed by atoms with van der Waals surface area (Å²) in [7, 11) is 0. The van der Waals surface area contributed by atoms with Gasteiger partial charge in [-0.2, -0.15) is 0 Å². The molecule has 1 N–H and O–H groups in total. The van der Waals surface area contributed by atoms with E-state index < -0.39 is 0 Å². The van der Waals surface area contributed by atoms with Gasteiger partial charge in [0.15, 0.2) is 0 Å². The molecule has 0 aliphatic heterocycles. The summed E-state index contributed by atoms with van der Waals surface area (Å²) < 4.78 is 0. The van der Waals surface area contributed by atoms with Gasteiger partial charge in [0.25, 0.3) is 5.91 Å². The van der Waals surface area contributed by atoms with Crippen molar-refractivity contribution in [3.05, 3.63) is 34.3 Å². The Kier molecular flexibility index (Phi) is 4.52. The third kappa shape index (κ3) is 3.39. The number of benzene rings is 1. The SMILES string of the molecule is Cc1cc(C(=O)NC2CCC(Cl)CC2)ccc1Cl. The number of amides is 1. The number of carbonyl (C=O) groups excluding carboxylic acids is 1. The van der Waals surface area contributed by atoms with E-state index in [0.29, 0.717) is 10.6 Å². The molecular formula is C14H17Cl2NO. The number of halogens is 2. The maximum absolute atomic E-state index is 12.1. The van der Waals surface area contributed by atoms with Gasteiger partial charge in [-0.25, -0.2) is 0 Å². The van der Waals surface area contributed by atoms with Crippen LogP contribution in [-0.2, 0) is 0 Å². The number of nitrogens with one attached hydrogen (secondary N) is 1. The van der Waals surface area contributed by atoms with Crippen molar-refractivity contribution in [2.45, 2.75) is 44.0 Å². The zero-order valence-corrected chi connectivity index (χ0v) is 11.9. The third-order valence-electron chi connectivity index (χ3n) is 3.41. The molecular weight excluding hydrogens is 269 g/mol. The predicted molar refractivity (Wildman–Crippen MR) is 75.6 cm³/mol. The smallest absolute Gasteiger partial charge is 0.251 e. The standard InChI is InChI=1S/C14H17Cl2NO/c1-9-8-10(2-7-13(9)16)14(18)17-12-5-3-11(15)4-6-12/h2,7-8,11-12H,3-6H2,1H3,(H,17,18). The average Bonchev–Trinajstić information content (AvgIpc) is 2.35. The van der Waals surface area contributed by atoms with E-state index in [2.05, 4.69) is 5.32 Å². The molecule has 1 aromatic rings. The quantitative estimate of drug-likeness (QED) is 0.820. The van der Waals surface area contributed by atoms with Crippen LogP contribution in [0.2, 0.25) is 5.02 Å². The molecule has 98 valence electrons. The van der Waals surface area contributed by atoms with E-state index in [1.165, 1.54) is 0 Å². The van der Waals surface area contributed by atoms with Gasteiger partial charge in [0.05, 0.1) is 0 Å².